The van der Waals surface area contributed by atoms with Gasteiger partial charge in [-0.2, -0.15) is 0 Å². The lowest BCUT2D eigenvalue weighted by Gasteiger charge is -2.26. The van der Waals surface area contributed by atoms with Crippen molar-refractivity contribution in [2.45, 2.75) is 13.8 Å². The zero-order valence-corrected chi connectivity index (χ0v) is 13.2. The van der Waals surface area contributed by atoms with Gasteiger partial charge in [-0.1, -0.05) is 0 Å². The largest absolute Gasteiger partial charge is 0.540 e. The molecular weight excluding hydrogens is 264 g/mol. The highest BCUT2D eigenvalue weighted by atomic mass is 28.4. The summed E-state index contributed by atoms with van der Waals surface area (Å²) in [5.41, 5.74) is 0. The maximum absolute atomic E-state index is 5.65. The summed E-state index contributed by atoms with van der Waals surface area (Å²) in [5.74, 6) is 1.42. The van der Waals surface area contributed by atoms with Crippen LogP contribution in [-0.4, -0.2) is 43.3 Å². The smallest absolute Gasteiger partial charge is 0.494 e. The van der Waals surface area contributed by atoms with Crippen LogP contribution in [0, 0.1) is 0 Å². The second-order valence-corrected chi connectivity index (χ2v) is 6.57. The van der Waals surface area contributed by atoms with Gasteiger partial charge in [0.2, 0.25) is 0 Å². The van der Waals surface area contributed by atoms with Gasteiger partial charge in [-0.3, -0.25) is 0 Å². The molecule has 0 saturated carbocycles. The molecule has 0 fully saturated rings. The van der Waals surface area contributed by atoms with E-state index in [1.165, 1.54) is 0 Å². The van der Waals surface area contributed by atoms with Gasteiger partial charge in [0.05, 0.1) is 18.4 Å². The number of ether oxygens (including phenoxy) is 2. The molecule has 0 bridgehead atoms. The molecule has 0 heterocycles. The van der Waals surface area contributed by atoms with E-state index in [4.69, 9.17) is 22.8 Å². The Morgan fingerprint density at radius 2 is 1.47 bits per heavy atom. The minimum atomic E-state index is -2.90. The maximum atomic E-state index is 5.65. The molecule has 0 spiro atoms. The fourth-order valence-electron chi connectivity index (χ4n) is 1.87. The van der Waals surface area contributed by atoms with Crippen molar-refractivity contribution in [3.8, 4) is 11.5 Å². The summed E-state index contributed by atoms with van der Waals surface area (Å²) in [4.78, 5) is 0. The van der Waals surface area contributed by atoms with Gasteiger partial charge in [0.15, 0.2) is 0 Å². The van der Waals surface area contributed by atoms with E-state index in [2.05, 4.69) is 0 Å². The molecule has 0 amide bonds. The van der Waals surface area contributed by atoms with Crippen LogP contribution >= 0.6 is 0 Å². The van der Waals surface area contributed by atoms with Crippen molar-refractivity contribution in [1.29, 1.82) is 0 Å². The number of rotatable bonds is 8. The Balaban J connectivity index is 3.24. The van der Waals surface area contributed by atoms with Gasteiger partial charge in [0.25, 0.3) is 0 Å². The average Bonchev–Trinajstić information content (AvgIpc) is 2.44. The van der Waals surface area contributed by atoms with Gasteiger partial charge in [0, 0.05) is 27.4 Å². The van der Waals surface area contributed by atoms with E-state index in [9.17, 15) is 0 Å². The Hall–Kier alpha value is -1.08. The molecule has 6 heteroatoms. The molecule has 1 rings (SSSR count). The zero-order chi connectivity index (χ0) is 14.3. The first-order valence-corrected chi connectivity index (χ1v) is 7.95. The van der Waals surface area contributed by atoms with Crippen LogP contribution in [-0.2, 0) is 13.3 Å². The Kier molecular flexibility index (Phi) is 6.30. The Morgan fingerprint density at radius 1 is 0.895 bits per heavy atom. The van der Waals surface area contributed by atoms with Gasteiger partial charge in [-0.15, -0.1) is 0 Å². The summed E-state index contributed by atoms with van der Waals surface area (Å²) in [6.45, 7) is 5.01. The van der Waals surface area contributed by atoms with Gasteiger partial charge in [-0.25, -0.2) is 0 Å². The topological polar surface area (TPSA) is 46.2 Å². The monoisotopic (exact) mass is 286 g/mol. The molecule has 1 aromatic rings. The van der Waals surface area contributed by atoms with Crippen molar-refractivity contribution in [2.24, 2.45) is 0 Å². The summed E-state index contributed by atoms with van der Waals surface area (Å²) in [6, 6.07) is 5.57. The summed E-state index contributed by atoms with van der Waals surface area (Å²) in [5, 5.41) is 0.797. The molecule has 0 aliphatic carbocycles. The highest BCUT2D eigenvalue weighted by Crippen LogP contribution is 2.22. The molecule has 108 valence electrons. The molecular formula is C13H22O5Si. The molecule has 0 aliphatic heterocycles. The van der Waals surface area contributed by atoms with E-state index in [1.54, 1.807) is 21.3 Å². The predicted octanol–water partition coefficient (Wildman–Crippen LogP) is 1.57. The SMILES string of the molecule is CCOc1ccc([Si](OC)(OC)OC)c(OCC)c1. The molecule has 19 heavy (non-hydrogen) atoms. The van der Waals surface area contributed by atoms with E-state index in [0.717, 1.165) is 10.9 Å². The van der Waals surface area contributed by atoms with Crippen LogP contribution in [0.3, 0.4) is 0 Å². The van der Waals surface area contributed by atoms with Crippen molar-refractivity contribution in [3.63, 3.8) is 0 Å². The van der Waals surface area contributed by atoms with Crippen LogP contribution in [0.4, 0.5) is 0 Å². The molecule has 0 aromatic heterocycles. The second-order valence-electron chi connectivity index (χ2n) is 3.69. The van der Waals surface area contributed by atoms with Crippen LogP contribution in [0.25, 0.3) is 0 Å². The van der Waals surface area contributed by atoms with E-state index in [0.29, 0.717) is 19.0 Å². The van der Waals surface area contributed by atoms with Gasteiger partial charge in [-0.05, 0) is 26.0 Å². The first-order chi connectivity index (χ1) is 9.17. The molecule has 0 saturated heterocycles. The van der Waals surface area contributed by atoms with Crippen molar-refractivity contribution < 1.29 is 22.8 Å². The van der Waals surface area contributed by atoms with Crippen molar-refractivity contribution in [2.75, 3.05) is 34.5 Å². The lowest BCUT2D eigenvalue weighted by atomic mass is 10.3. The van der Waals surface area contributed by atoms with Crippen LogP contribution in [0.5, 0.6) is 11.5 Å². The van der Waals surface area contributed by atoms with Gasteiger partial charge in [0.1, 0.15) is 11.5 Å². The van der Waals surface area contributed by atoms with Crippen LogP contribution in [0.2, 0.25) is 0 Å². The van der Waals surface area contributed by atoms with Gasteiger partial charge >= 0.3 is 8.80 Å². The summed E-state index contributed by atoms with van der Waals surface area (Å²) in [7, 11) is 1.82. The third kappa shape index (κ3) is 3.47. The molecule has 0 unspecified atom stereocenters. The lowest BCUT2D eigenvalue weighted by molar-refractivity contribution is 0.139. The van der Waals surface area contributed by atoms with Crippen LogP contribution < -0.4 is 14.7 Å². The van der Waals surface area contributed by atoms with E-state index < -0.39 is 8.80 Å². The van der Waals surface area contributed by atoms with Crippen LogP contribution in [0.15, 0.2) is 18.2 Å². The molecule has 0 atom stereocenters. The maximum Gasteiger partial charge on any atom is 0.540 e. The quantitative estimate of drug-likeness (QED) is 0.679. The summed E-state index contributed by atoms with van der Waals surface area (Å²) in [6.07, 6.45) is 0. The number of hydrogen-bond acceptors (Lipinski definition) is 5. The molecule has 5 nitrogen and oxygen atoms in total. The number of benzene rings is 1. The van der Waals surface area contributed by atoms with Gasteiger partial charge < -0.3 is 22.8 Å². The summed E-state index contributed by atoms with van der Waals surface area (Å²) >= 11 is 0. The molecule has 0 N–H and O–H groups in total. The normalized spacial score (nSPS) is 11.4. The first-order valence-electron chi connectivity index (χ1n) is 6.22. The minimum absolute atomic E-state index is 0.546. The summed E-state index contributed by atoms with van der Waals surface area (Å²) < 4.78 is 27.6. The second kappa shape index (κ2) is 7.49. The number of hydrogen-bond donors (Lipinski definition) is 0. The van der Waals surface area contributed by atoms with E-state index >= 15 is 0 Å². The third-order valence-electron chi connectivity index (χ3n) is 2.70. The standard InChI is InChI=1S/C13H22O5Si/c1-6-17-11-8-9-13(12(10-11)18-7-2)19(14-3,15-4)16-5/h8-10H,6-7H2,1-5H3. The van der Waals surface area contributed by atoms with Crippen molar-refractivity contribution >= 4 is 14.0 Å². The Morgan fingerprint density at radius 3 is 1.95 bits per heavy atom. The first kappa shape index (κ1) is 16.0. The fraction of sp³-hybridized carbons (Fsp3) is 0.538. The van der Waals surface area contributed by atoms with Crippen molar-refractivity contribution in [1.82, 2.24) is 0 Å². The Labute approximate surface area is 115 Å². The highest BCUT2D eigenvalue weighted by Gasteiger charge is 2.43. The predicted molar refractivity (Wildman–Crippen MR) is 75.2 cm³/mol. The van der Waals surface area contributed by atoms with E-state index in [-0.39, 0.29) is 0 Å². The molecule has 0 aliphatic rings. The Bertz CT molecular complexity index is 384. The van der Waals surface area contributed by atoms with Crippen LogP contribution in [0.1, 0.15) is 13.8 Å². The fourth-order valence-corrected chi connectivity index (χ4v) is 3.76. The zero-order valence-electron chi connectivity index (χ0n) is 12.2. The van der Waals surface area contributed by atoms with E-state index in [1.807, 2.05) is 32.0 Å². The van der Waals surface area contributed by atoms with Crippen molar-refractivity contribution in [3.05, 3.63) is 18.2 Å². The molecule has 0 radical (unpaired) electrons. The third-order valence-corrected chi connectivity index (χ3v) is 5.39. The minimum Gasteiger partial charge on any atom is -0.494 e. The lowest BCUT2D eigenvalue weighted by Crippen LogP contribution is -2.55. The highest BCUT2D eigenvalue weighted by molar-refractivity contribution is 6.76. The molecule has 1 aromatic carbocycles. The average molecular weight is 286 g/mol.